The van der Waals surface area contributed by atoms with Crippen molar-refractivity contribution >= 4 is 23.2 Å². The second kappa shape index (κ2) is 8.63. The summed E-state index contributed by atoms with van der Waals surface area (Å²) in [4.78, 5) is 25.4. The molecule has 0 saturated carbocycles. The number of benzene rings is 2. The SMILES string of the molecule is Cc1cccc(NC(=O)C[NH+](C)CC(=O)Nc2c(C)cccc2C)c1C. The van der Waals surface area contributed by atoms with Gasteiger partial charge in [-0.1, -0.05) is 30.3 Å². The van der Waals surface area contributed by atoms with Gasteiger partial charge in [-0.15, -0.1) is 0 Å². The normalized spacial score (nSPS) is 11.7. The Labute approximate surface area is 155 Å². The van der Waals surface area contributed by atoms with Crippen LogP contribution in [0.3, 0.4) is 0 Å². The fraction of sp³-hybridized carbons (Fsp3) is 0.333. The first-order valence-corrected chi connectivity index (χ1v) is 8.81. The van der Waals surface area contributed by atoms with Gasteiger partial charge in [0.25, 0.3) is 11.8 Å². The van der Waals surface area contributed by atoms with E-state index in [4.69, 9.17) is 0 Å². The van der Waals surface area contributed by atoms with E-state index in [0.717, 1.165) is 38.5 Å². The second-order valence-electron chi connectivity index (χ2n) is 6.92. The molecule has 0 bridgehead atoms. The van der Waals surface area contributed by atoms with Gasteiger partial charge in [0.15, 0.2) is 13.1 Å². The van der Waals surface area contributed by atoms with Crippen molar-refractivity contribution in [3.63, 3.8) is 0 Å². The molecular formula is C21H28N3O2+. The van der Waals surface area contributed by atoms with Crippen molar-refractivity contribution in [2.24, 2.45) is 0 Å². The average Bonchev–Trinajstić information content (AvgIpc) is 2.55. The van der Waals surface area contributed by atoms with Crippen LogP contribution in [0.5, 0.6) is 0 Å². The van der Waals surface area contributed by atoms with Crippen LogP contribution in [-0.4, -0.2) is 32.0 Å². The topological polar surface area (TPSA) is 62.6 Å². The van der Waals surface area contributed by atoms with Crippen molar-refractivity contribution in [1.82, 2.24) is 0 Å². The van der Waals surface area contributed by atoms with Gasteiger partial charge in [0.1, 0.15) is 0 Å². The Balaban J connectivity index is 1.89. The molecular weight excluding hydrogens is 326 g/mol. The van der Waals surface area contributed by atoms with Crippen LogP contribution in [0.4, 0.5) is 11.4 Å². The van der Waals surface area contributed by atoms with Gasteiger partial charge in [0.2, 0.25) is 0 Å². The van der Waals surface area contributed by atoms with Crippen LogP contribution in [0.15, 0.2) is 36.4 Å². The molecule has 1 atom stereocenters. The summed E-state index contributed by atoms with van der Waals surface area (Å²) in [6.07, 6.45) is 0. The second-order valence-corrected chi connectivity index (χ2v) is 6.92. The lowest BCUT2D eigenvalue weighted by Gasteiger charge is -2.16. The number of likely N-dealkylation sites (N-methyl/N-ethyl adjacent to an activating group) is 1. The van der Waals surface area contributed by atoms with Crippen LogP contribution < -0.4 is 15.5 Å². The van der Waals surface area contributed by atoms with Crippen LogP contribution in [0.25, 0.3) is 0 Å². The number of hydrogen-bond donors (Lipinski definition) is 3. The smallest absolute Gasteiger partial charge is 0.279 e. The fourth-order valence-electron chi connectivity index (χ4n) is 2.89. The Bertz CT molecular complexity index is 795. The van der Waals surface area contributed by atoms with E-state index in [9.17, 15) is 9.59 Å². The number of para-hydroxylation sites is 1. The lowest BCUT2D eigenvalue weighted by Crippen LogP contribution is -3.11. The molecule has 3 N–H and O–H groups in total. The monoisotopic (exact) mass is 354 g/mol. The standard InChI is InChI=1S/C21H27N3O2/c1-14-8-7-11-18(17(14)4)22-19(25)12-24(5)13-20(26)23-21-15(2)9-6-10-16(21)3/h6-11H,12-13H2,1-5H3,(H,22,25)(H,23,26)/p+1. The highest BCUT2D eigenvalue weighted by atomic mass is 16.2. The summed E-state index contributed by atoms with van der Waals surface area (Å²) >= 11 is 0. The summed E-state index contributed by atoms with van der Waals surface area (Å²) in [6.45, 7) is 8.40. The molecule has 2 aromatic carbocycles. The first-order chi connectivity index (χ1) is 12.3. The van der Waals surface area contributed by atoms with E-state index in [2.05, 4.69) is 10.6 Å². The summed E-state index contributed by atoms with van der Waals surface area (Å²) in [7, 11) is 1.84. The molecule has 2 amide bonds. The molecule has 138 valence electrons. The minimum Gasteiger partial charge on any atom is -0.322 e. The predicted octanol–water partition coefficient (Wildman–Crippen LogP) is 2.01. The Morgan fingerprint density at radius 3 is 1.92 bits per heavy atom. The third-order valence-corrected chi connectivity index (χ3v) is 4.55. The van der Waals surface area contributed by atoms with E-state index in [0.29, 0.717) is 0 Å². The number of hydrogen-bond acceptors (Lipinski definition) is 2. The van der Waals surface area contributed by atoms with Gasteiger partial charge in [-0.05, 0) is 56.0 Å². The third-order valence-electron chi connectivity index (χ3n) is 4.55. The maximum Gasteiger partial charge on any atom is 0.279 e. The minimum absolute atomic E-state index is 0.0977. The number of quaternary nitrogens is 1. The molecule has 26 heavy (non-hydrogen) atoms. The van der Waals surface area contributed by atoms with Gasteiger partial charge >= 0.3 is 0 Å². The van der Waals surface area contributed by atoms with E-state index in [1.807, 2.05) is 71.1 Å². The lowest BCUT2D eigenvalue weighted by molar-refractivity contribution is -0.862. The van der Waals surface area contributed by atoms with Crippen LogP contribution in [0.2, 0.25) is 0 Å². The molecule has 5 nitrogen and oxygen atoms in total. The van der Waals surface area contributed by atoms with Crippen molar-refractivity contribution in [3.8, 4) is 0 Å². The van der Waals surface area contributed by atoms with Gasteiger partial charge in [-0.2, -0.15) is 0 Å². The molecule has 0 spiro atoms. The lowest BCUT2D eigenvalue weighted by atomic mass is 10.1. The third kappa shape index (κ3) is 5.17. The summed E-state index contributed by atoms with van der Waals surface area (Å²) in [5, 5.41) is 5.89. The van der Waals surface area contributed by atoms with Gasteiger partial charge in [-0.3, -0.25) is 9.59 Å². The molecule has 0 radical (unpaired) electrons. The first kappa shape index (κ1) is 19.7. The van der Waals surface area contributed by atoms with Crippen LogP contribution in [0, 0.1) is 27.7 Å². The number of carbonyl (C=O) groups excluding carboxylic acids is 2. The number of nitrogens with one attached hydrogen (secondary N) is 3. The summed E-state index contributed by atoms with van der Waals surface area (Å²) in [5.74, 6) is -0.199. The Kier molecular flexibility index (Phi) is 6.52. The van der Waals surface area contributed by atoms with Gasteiger partial charge < -0.3 is 15.5 Å². The Morgan fingerprint density at radius 1 is 0.808 bits per heavy atom. The van der Waals surface area contributed by atoms with E-state index in [-0.39, 0.29) is 24.9 Å². The van der Waals surface area contributed by atoms with Crippen molar-refractivity contribution in [2.75, 3.05) is 30.8 Å². The Hall–Kier alpha value is -2.66. The molecule has 5 heteroatoms. The number of anilines is 2. The highest BCUT2D eigenvalue weighted by molar-refractivity contribution is 5.94. The van der Waals surface area contributed by atoms with E-state index in [1.165, 1.54) is 0 Å². The number of amides is 2. The summed E-state index contributed by atoms with van der Waals surface area (Å²) in [5.41, 5.74) is 5.93. The molecule has 2 aromatic rings. The maximum absolute atomic E-state index is 12.3. The van der Waals surface area contributed by atoms with Gasteiger partial charge in [0, 0.05) is 11.4 Å². The van der Waals surface area contributed by atoms with E-state index in [1.54, 1.807) is 0 Å². The average molecular weight is 354 g/mol. The molecule has 2 rings (SSSR count). The molecule has 0 aliphatic carbocycles. The largest absolute Gasteiger partial charge is 0.322 e. The van der Waals surface area contributed by atoms with Crippen molar-refractivity contribution in [2.45, 2.75) is 27.7 Å². The number of aryl methyl sites for hydroxylation is 3. The molecule has 1 unspecified atom stereocenters. The molecule has 0 heterocycles. The zero-order chi connectivity index (χ0) is 19.3. The van der Waals surface area contributed by atoms with E-state index >= 15 is 0 Å². The number of rotatable bonds is 6. The highest BCUT2D eigenvalue weighted by Gasteiger charge is 2.16. The Morgan fingerprint density at radius 2 is 1.31 bits per heavy atom. The predicted molar refractivity (Wildman–Crippen MR) is 106 cm³/mol. The van der Waals surface area contributed by atoms with E-state index < -0.39 is 0 Å². The van der Waals surface area contributed by atoms with Crippen molar-refractivity contribution < 1.29 is 14.5 Å². The van der Waals surface area contributed by atoms with Crippen LogP contribution >= 0.6 is 0 Å². The summed E-state index contributed by atoms with van der Waals surface area (Å²) in [6, 6.07) is 11.7. The van der Waals surface area contributed by atoms with Crippen molar-refractivity contribution in [3.05, 3.63) is 58.7 Å². The quantitative estimate of drug-likeness (QED) is 0.743. The number of carbonyl (C=O) groups is 2. The maximum atomic E-state index is 12.3. The molecule has 0 aromatic heterocycles. The highest BCUT2D eigenvalue weighted by Crippen LogP contribution is 2.19. The fourth-order valence-corrected chi connectivity index (χ4v) is 2.89. The minimum atomic E-state index is -0.101. The molecule has 0 saturated heterocycles. The van der Waals surface area contributed by atoms with Gasteiger partial charge in [0.05, 0.1) is 7.05 Å². The molecule has 0 fully saturated rings. The van der Waals surface area contributed by atoms with Crippen LogP contribution in [-0.2, 0) is 9.59 Å². The zero-order valence-corrected chi connectivity index (χ0v) is 16.2. The van der Waals surface area contributed by atoms with Crippen molar-refractivity contribution in [1.29, 1.82) is 0 Å². The molecule has 0 aliphatic heterocycles. The van der Waals surface area contributed by atoms with Crippen LogP contribution in [0.1, 0.15) is 22.3 Å². The summed E-state index contributed by atoms with van der Waals surface area (Å²) < 4.78 is 0. The first-order valence-electron chi connectivity index (χ1n) is 8.81. The molecule has 0 aliphatic rings. The zero-order valence-electron chi connectivity index (χ0n) is 16.2. The van der Waals surface area contributed by atoms with Gasteiger partial charge in [-0.25, -0.2) is 0 Å².